The number of amides is 1. The Kier molecular flexibility index (Phi) is 8.57. The molecule has 1 fully saturated rings. The highest BCUT2D eigenvalue weighted by molar-refractivity contribution is 5.47. The molecule has 0 radical (unpaired) electrons. The topological polar surface area (TPSA) is 35.6 Å². The maximum Gasteiger partial charge on any atom is 0.209 e. The summed E-state index contributed by atoms with van der Waals surface area (Å²) in [7, 11) is 4.03. The molecule has 14 heavy (non-hydrogen) atoms. The average Bonchev–Trinajstić information content (AvgIpc) is 2.21. The predicted octanol–water partition coefficient (Wildman–Crippen LogP) is 0.00600. The molecular weight excluding hydrogens is 178 g/mol. The van der Waals surface area contributed by atoms with E-state index in [9.17, 15) is 4.79 Å². The third kappa shape index (κ3) is 6.86. The van der Waals surface area contributed by atoms with Crippen LogP contribution in [0.15, 0.2) is 0 Å². The highest BCUT2D eigenvalue weighted by atomic mass is 16.1. The first-order valence-electron chi connectivity index (χ1n) is 5.27. The summed E-state index contributed by atoms with van der Waals surface area (Å²) in [6.45, 7) is 7.09. The molecule has 1 heterocycles. The minimum absolute atomic E-state index is 0.889. The Morgan fingerprint density at radius 2 is 1.86 bits per heavy atom. The molecule has 84 valence electrons. The first kappa shape index (κ1) is 13.4. The van der Waals surface area contributed by atoms with E-state index >= 15 is 0 Å². The van der Waals surface area contributed by atoms with Gasteiger partial charge in [0.25, 0.3) is 0 Å². The van der Waals surface area contributed by atoms with Gasteiger partial charge < -0.3 is 15.1 Å². The Morgan fingerprint density at radius 3 is 2.14 bits per heavy atom. The van der Waals surface area contributed by atoms with E-state index in [4.69, 9.17) is 0 Å². The Bertz CT molecular complexity index is 131. The molecule has 0 atom stereocenters. The SMILES string of the molecule is CCCNC.CN1CCN(C=O)CC1. The van der Waals surface area contributed by atoms with Gasteiger partial charge in [0.15, 0.2) is 0 Å². The fraction of sp³-hybridized carbons (Fsp3) is 0.900. The Labute approximate surface area is 87.3 Å². The minimum atomic E-state index is 0.889. The molecule has 1 saturated heterocycles. The van der Waals surface area contributed by atoms with Gasteiger partial charge in [-0.15, -0.1) is 0 Å². The van der Waals surface area contributed by atoms with Gasteiger partial charge in [0.1, 0.15) is 0 Å². The molecule has 0 unspecified atom stereocenters. The third-order valence-electron chi connectivity index (χ3n) is 2.19. The molecule has 0 aromatic carbocycles. The number of carbonyl (C=O) groups excluding carboxylic acids is 1. The molecule has 0 bridgehead atoms. The van der Waals surface area contributed by atoms with Crippen LogP contribution in [0.25, 0.3) is 0 Å². The summed E-state index contributed by atoms with van der Waals surface area (Å²) < 4.78 is 0. The van der Waals surface area contributed by atoms with Crippen molar-refractivity contribution in [1.82, 2.24) is 15.1 Å². The van der Waals surface area contributed by atoms with E-state index in [1.807, 2.05) is 7.05 Å². The number of rotatable bonds is 3. The fourth-order valence-corrected chi connectivity index (χ4v) is 1.18. The molecule has 1 aliphatic heterocycles. The zero-order valence-electron chi connectivity index (χ0n) is 9.62. The lowest BCUT2D eigenvalue weighted by Crippen LogP contribution is -2.43. The minimum Gasteiger partial charge on any atom is -0.343 e. The van der Waals surface area contributed by atoms with Gasteiger partial charge in [0.05, 0.1) is 0 Å². The maximum absolute atomic E-state index is 10.2. The van der Waals surface area contributed by atoms with Crippen LogP contribution in [0.3, 0.4) is 0 Å². The lowest BCUT2D eigenvalue weighted by atomic mass is 10.4. The Hall–Kier alpha value is -0.610. The lowest BCUT2D eigenvalue weighted by Gasteiger charge is -2.29. The maximum atomic E-state index is 10.2. The van der Waals surface area contributed by atoms with E-state index in [2.05, 4.69) is 24.2 Å². The van der Waals surface area contributed by atoms with Crippen LogP contribution in [0, 0.1) is 0 Å². The number of nitrogens with zero attached hydrogens (tertiary/aromatic N) is 2. The van der Waals surface area contributed by atoms with Crippen molar-refractivity contribution in [2.45, 2.75) is 13.3 Å². The van der Waals surface area contributed by atoms with Gasteiger partial charge in [-0.25, -0.2) is 0 Å². The molecular formula is C10H23N3O. The van der Waals surface area contributed by atoms with Gasteiger partial charge in [-0.2, -0.15) is 0 Å². The fourth-order valence-electron chi connectivity index (χ4n) is 1.18. The van der Waals surface area contributed by atoms with Gasteiger partial charge >= 0.3 is 0 Å². The smallest absolute Gasteiger partial charge is 0.209 e. The van der Waals surface area contributed by atoms with E-state index in [-0.39, 0.29) is 0 Å². The molecule has 4 nitrogen and oxygen atoms in total. The van der Waals surface area contributed by atoms with Crippen molar-refractivity contribution in [2.75, 3.05) is 46.8 Å². The number of piperazine rings is 1. The van der Waals surface area contributed by atoms with Crippen LogP contribution in [0.4, 0.5) is 0 Å². The van der Waals surface area contributed by atoms with Crippen molar-refractivity contribution < 1.29 is 4.79 Å². The molecule has 0 saturated carbocycles. The van der Waals surface area contributed by atoms with E-state index < -0.39 is 0 Å². The highest BCUT2D eigenvalue weighted by Crippen LogP contribution is 1.94. The van der Waals surface area contributed by atoms with E-state index in [0.717, 1.165) is 39.1 Å². The van der Waals surface area contributed by atoms with E-state index in [1.54, 1.807) is 4.90 Å². The summed E-state index contributed by atoms with van der Waals surface area (Å²) in [5.74, 6) is 0. The zero-order chi connectivity index (χ0) is 10.8. The third-order valence-corrected chi connectivity index (χ3v) is 2.19. The number of hydrogen-bond donors (Lipinski definition) is 1. The summed E-state index contributed by atoms with van der Waals surface area (Å²) >= 11 is 0. The summed E-state index contributed by atoms with van der Waals surface area (Å²) in [4.78, 5) is 14.2. The summed E-state index contributed by atoms with van der Waals surface area (Å²) in [6.07, 6.45) is 2.16. The second-order valence-electron chi connectivity index (χ2n) is 3.55. The monoisotopic (exact) mass is 201 g/mol. The first-order chi connectivity index (χ1) is 6.74. The predicted molar refractivity (Wildman–Crippen MR) is 59.4 cm³/mol. The van der Waals surface area contributed by atoms with Crippen LogP contribution in [0.1, 0.15) is 13.3 Å². The zero-order valence-corrected chi connectivity index (χ0v) is 9.62. The second kappa shape index (κ2) is 8.97. The largest absolute Gasteiger partial charge is 0.343 e. The standard InChI is InChI=1S/C6H12N2O.C4H11N/c1-7-2-4-8(6-9)5-3-7;1-3-4-5-2/h6H,2-5H2,1H3;5H,3-4H2,1-2H3. The normalized spacial score (nSPS) is 17.2. The lowest BCUT2D eigenvalue weighted by molar-refractivity contribution is -0.119. The molecule has 1 rings (SSSR count). The Morgan fingerprint density at radius 1 is 1.29 bits per heavy atom. The van der Waals surface area contributed by atoms with E-state index in [0.29, 0.717) is 0 Å². The molecule has 0 aliphatic carbocycles. The number of nitrogens with one attached hydrogen (secondary N) is 1. The van der Waals surface area contributed by atoms with Gasteiger partial charge in [0, 0.05) is 26.2 Å². The quantitative estimate of drug-likeness (QED) is 0.653. The molecule has 1 aliphatic rings. The Balaban J connectivity index is 0.000000292. The van der Waals surface area contributed by atoms with Crippen LogP contribution in [-0.2, 0) is 4.79 Å². The van der Waals surface area contributed by atoms with Crippen molar-refractivity contribution in [2.24, 2.45) is 0 Å². The van der Waals surface area contributed by atoms with Gasteiger partial charge in [0.2, 0.25) is 6.41 Å². The van der Waals surface area contributed by atoms with Crippen molar-refractivity contribution in [3.63, 3.8) is 0 Å². The number of likely N-dealkylation sites (N-methyl/N-ethyl adjacent to an activating group) is 1. The van der Waals surface area contributed by atoms with Crippen molar-refractivity contribution in [3.8, 4) is 0 Å². The summed E-state index contributed by atoms with van der Waals surface area (Å²) in [5.41, 5.74) is 0. The van der Waals surface area contributed by atoms with Gasteiger partial charge in [-0.1, -0.05) is 6.92 Å². The summed E-state index contributed by atoms with van der Waals surface area (Å²) in [6, 6.07) is 0. The first-order valence-corrected chi connectivity index (χ1v) is 5.27. The van der Waals surface area contributed by atoms with Crippen LogP contribution in [0.2, 0.25) is 0 Å². The average molecular weight is 201 g/mol. The molecule has 4 heteroatoms. The molecule has 0 aromatic rings. The van der Waals surface area contributed by atoms with Crippen LogP contribution >= 0.6 is 0 Å². The summed E-state index contributed by atoms with van der Waals surface area (Å²) in [5, 5.41) is 3.02. The molecule has 1 amide bonds. The van der Waals surface area contributed by atoms with Gasteiger partial charge in [-0.05, 0) is 27.1 Å². The van der Waals surface area contributed by atoms with Crippen molar-refractivity contribution in [3.05, 3.63) is 0 Å². The van der Waals surface area contributed by atoms with Crippen molar-refractivity contribution in [1.29, 1.82) is 0 Å². The number of hydrogen-bond acceptors (Lipinski definition) is 3. The molecule has 0 spiro atoms. The second-order valence-corrected chi connectivity index (χ2v) is 3.55. The molecule has 1 N–H and O–H groups in total. The van der Waals surface area contributed by atoms with Crippen LogP contribution in [0.5, 0.6) is 0 Å². The van der Waals surface area contributed by atoms with Gasteiger partial charge in [-0.3, -0.25) is 4.79 Å². The highest BCUT2D eigenvalue weighted by Gasteiger charge is 2.10. The van der Waals surface area contributed by atoms with Crippen LogP contribution < -0.4 is 5.32 Å². The number of carbonyl (C=O) groups is 1. The van der Waals surface area contributed by atoms with Crippen LogP contribution in [-0.4, -0.2) is 63.0 Å². The van der Waals surface area contributed by atoms with Crippen molar-refractivity contribution >= 4 is 6.41 Å². The van der Waals surface area contributed by atoms with E-state index in [1.165, 1.54) is 6.42 Å². The molecule has 0 aromatic heterocycles.